The van der Waals surface area contributed by atoms with Crippen LogP contribution in [0.15, 0.2) is 29.2 Å². The first kappa shape index (κ1) is 16.4. The van der Waals surface area contributed by atoms with Crippen molar-refractivity contribution in [3.05, 3.63) is 39.8 Å². The van der Waals surface area contributed by atoms with Crippen molar-refractivity contribution in [2.24, 2.45) is 0 Å². The first-order valence-corrected chi connectivity index (χ1v) is 5.88. The Morgan fingerprint density at radius 1 is 1.38 bits per heavy atom. The van der Waals surface area contributed by atoms with Gasteiger partial charge in [0.2, 0.25) is 0 Å². The number of esters is 2. The Balaban J connectivity index is 3.34. The number of methoxy groups -OCH3 is 2. The van der Waals surface area contributed by atoms with E-state index >= 15 is 0 Å². The summed E-state index contributed by atoms with van der Waals surface area (Å²) in [5, 5.41) is 3.42. The summed E-state index contributed by atoms with van der Waals surface area (Å²) in [6.45, 7) is 0. The highest BCUT2D eigenvalue weighted by Crippen LogP contribution is 2.12. The molecule has 9 heteroatoms. The largest absolute Gasteiger partial charge is 0.466 e. The van der Waals surface area contributed by atoms with Gasteiger partial charge in [0.15, 0.2) is 5.70 Å². The molecule has 1 heterocycles. The van der Waals surface area contributed by atoms with E-state index in [1.807, 2.05) is 0 Å². The Morgan fingerprint density at radius 3 is 2.62 bits per heavy atom. The molecule has 2 N–H and O–H groups in total. The number of allylic oxidation sites excluding steroid dienone is 2. The number of nitrogen functional groups attached to an aromatic ring is 1. The van der Waals surface area contributed by atoms with Crippen LogP contribution in [0.4, 0.5) is 5.69 Å². The third-order valence-electron chi connectivity index (χ3n) is 2.26. The van der Waals surface area contributed by atoms with Crippen molar-refractivity contribution in [3.8, 4) is 0 Å². The van der Waals surface area contributed by atoms with Gasteiger partial charge in [0, 0.05) is 6.08 Å². The van der Waals surface area contributed by atoms with Crippen molar-refractivity contribution in [3.63, 3.8) is 0 Å². The molecule has 8 nitrogen and oxygen atoms in total. The molecule has 21 heavy (non-hydrogen) atoms. The van der Waals surface area contributed by atoms with Gasteiger partial charge < -0.3 is 15.2 Å². The van der Waals surface area contributed by atoms with E-state index in [9.17, 15) is 14.4 Å². The maximum Gasteiger partial charge on any atom is 0.356 e. The molecule has 1 aromatic rings. The zero-order chi connectivity index (χ0) is 16.0. The number of aromatic nitrogens is 2. The van der Waals surface area contributed by atoms with Crippen LogP contribution in [0.25, 0.3) is 5.70 Å². The first-order chi connectivity index (χ1) is 9.92. The Morgan fingerprint density at radius 2 is 2.05 bits per heavy atom. The van der Waals surface area contributed by atoms with E-state index in [1.165, 1.54) is 13.2 Å². The minimum absolute atomic E-state index is 0.0211. The van der Waals surface area contributed by atoms with Crippen molar-refractivity contribution >= 4 is 34.9 Å². The molecular weight excluding hydrogens is 302 g/mol. The lowest BCUT2D eigenvalue weighted by molar-refractivity contribution is -0.135. The Hall–Kier alpha value is -2.61. The quantitative estimate of drug-likeness (QED) is 0.480. The van der Waals surface area contributed by atoms with Gasteiger partial charge in [-0.15, -0.1) is 0 Å². The molecule has 0 aliphatic carbocycles. The first-order valence-electron chi connectivity index (χ1n) is 5.50. The summed E-state index contributed by atoms with van der Waals surface area (Å²) in [7, 11) is 2.33. The van der Waals surface area contributed by atoms with Crippen molar-refractivity contribution in [1.82, 2.24) is 9.78 Å². The topological polar surface area (TPSA) is 114 Å². The van der Waals surface area contributed by atoms with Gasteiger partial charge in [-0.2, -0.15) is 9.78 Å². The third-order valence-corrected chi connectivity index (χ3v) is 2.64. The lowest BCUT2D eigenvalue weighted by Crippen LogP contribution is -2.27. The van der Waals surface area contributed by atoms with Crippen molar-refractivity contribution in [2.75, 3.05) is 20.0 Å². The number of anilines is 1. The second-order valence-corrected chi connectivity index (χ2v) is 3.93. The van der Waals surface area contributed by atoms with Gasteiger partial charge in [0.1, 0.15) is 5.02 Å². The Bertz CT molecular complexity index is 678. The summed E-state index contributed by atoms with van der Waals surface area (Å²) in [5.41, 5.74) is 4.38. The maximum absolute atomic E-state index is 11.9. The van der Waals surface area contributed by atoms with Crippen LogP contribution in [0, 0.1) is 0 Å². The maximum atomic E-state index is 11.9. The number of carbonyl (C=O) groups is 2. The molecule has 0 saturated heterocycles. The number of nitrogens with zero attached hydrogens (tertiary/aromatic N) is 2. The normalized spacial score (nSPS) is 11.5. The number of ether oxygens (including phenoxy) is 2. The summed E-state index contributed by atoms with van der Waals surface area (Å²) in [5.74, 6) is -1.48. The van der Waals surface area contributed by atoms with Gasteiger partial charge in [-0.3, -0.25) is 4.79 Å². The van der Waals surface area contributed by atoms with Crippen molar-refractivity contribution in [2.45, 2.75) is 0 Å². The molecule has 0 aliphatic heterocycles. The average molecular weight is 314 g/mol. The number of hydrogen-bond donors (Lipinski definition) is 1. The second-order valence-electron chi connectivity index (χ2n) is 3.56. The predicted molar refractivity (Wildman–Crippen MR) is 75.4 cm³/mol. The van der Waals surface area contributed by atoms with Crippen LogP contribution in [0.3, 0.4) is 0 Å². The molecule has 0 unspecified atom stereocenters. The van der Waals surface area contributed by atoms with Crippen LogP contribution in [-0.2, 0) is 19.1 Å². The molecule has 1 aromatic heterocycles. The Labute approximate surface area is 124 Å². The molecule has 0 aromatic carbocycles. The molecule has 0 atom stereocenters. The standard InChI is InChI=1S/C12H12ClN3O5/c1-20-9(17)5-3-4-8(12(19)21-2)16-11(18)10(13)7(14)6-15-16/h3-6H,14H2,1-2H3/b5-3-,8-4-. The fourth-order valence-corrected chi connectivity index (χ4v) is 1.36. The minimum atomic E-state index is -0.847. The smallest absolute Gasteiger partial charge is 0.356 e. The summed E-state index contributed by atoms with van der Waals surface area (Å²) < 4.78 is 9.65. The van der Waals surface area contributed by atoms with Gasteiger partial charge in [-0.1, -0.05) is 17.7 Å². The summed E-state index contributed by atoms with van der Waals surface area (Å²) in [4.78, 5) is 34.6. The molecule has 0 radical (unpaired) electrons. The molecule has 0 spiro atoms. The van der Waals surface area contributed by atoms with E-state index in [-0.39, 0.29) is 16.4 Å². The van der Waals surface area contributed by atoms with E-state index in [0.29, 0.717) is 4.68 Å². The van der Waals surface area contributed by atoms with Gasteiger partial charge in [-0.25, -0.2) is 9.59 Å². The molecule has 0 bridgehead atoms. The van der Waals surface area contributed by atoms with Crippen LogP contribution < -0.4 is 11.3 Å². The summed E-state index contributed by atoms with van der Waals surface area (Å²) in [6.07, 6.45) is 4.53. The summed E-state index contributed by atoms with van der Waals surface area (Å²) >= 11 is 5.71. The Kier molecular flexibility index (Phi) is 5.67. The number of carbonyl (C=O) groups excluding carboxylic acids is 2. The van der Waals surface area contributed by atoms with Crippen LogP contribution in [0.1, 0.15) is 0 Å². The average Bonchev–Trinajstić information content (AvgIpc) is 2.49. The molecular formula is C12H12ClN3O5. The van der Waals surface area contributed by atoms with Gasteiger partial charge in [0.05, 0.1) is 26.1 Å². The van der Waals surface area contributed by atoms with Gasteiger partial charge >= 0.3 is 11.9 Å². The minimum Gasteiger partial charge on any atom is -0.466 e. The van der Waals surface area contributed by atoms with Gasteiger partial charge in [-0.05, 0) is 6.08 Å². The number of rotatable bonds is 4. The highest BCUT2D eigenvalue weighted by molar-refractivity contribution is 6.32. The summed E-state index contributed by atoms with van der Waals surface area (Å²) in [6, 6.07) is 0. The zero-order valence-electron chi connectivity index (χ0n) is 11.2. The number of halogens is 1. The SMILES string of the molecule is COC(=O)/C=C\C=C(\C(=O)OC)n1ncc(N)c(Cl)c1=O. The number of nitrogens with two attached hydrogens (primary N) is 1. The lowest BCUT2D eigenvalue weighted by Gasteiger charge is -2.07. The highest BCUT2D eigenvalue weighted by atomic mass is 35.5. The van der Waals surface area contributed by atoms with Crippen molar-refractivity contribution < 1.29 is 19.1 Å². The molecule has 0 fully saturated rings. The van der Waals surface area contributed by atoms with Crippen LogP contribution in [-0.4, -0.2) is 35.9 Å². The fourth-order valence-electron chi connectivity index (χ4n) is 1.23. The highest BCUT2D eigenvalue weighted by Gasteiger charge is 2.17. The molecule has 112 valence electrons. The van der Waals surface area contributed by atoms with Crippen LogP contribution in [0.5, 0.6) is 0 Å². The van der Waals surface area contributed by atoms with E-state index in [2.05, 4.69) is 14.6 Å². The van der Waals surface area contributed by atoms with E-state index in [1.54, 1.807) is 0 Å². The van der Waals surface area contributed by atoms with Crippen LogP contribution in [0.2, 0.25) is 5.02 Å². The van der Waals surface area contributed by atoms with Crippen LogP contribution >= 0.6 is 11.6 Å². The zero-order valence-corrected chi connectivity index (χ0v) is 12.0. The van der Waals surface area contributed by atoms with E-state index in [4.69, 9.17) is 17.3 Å². The third kappa shape index (κ3) is 3.93. The number of hydrogen-bond acceptors (Lipinski definition) is 7. The second kappa shape index (κ2) is 7.25. The molecule has 0 aliphatic rings. The molecule has 1 rings (SSSR count). The van der Waals surface area contributed by atoms with Gasteiger partial charge in [0.25, 0.3) is 5.56 Å². The monoisotopic (exact) mass is 313 g/mol. The van der Waals surface area contributed by atoms with E-state index in [0.717, 1.165) is 25.5 Å². The molecule has 0 amide bonds. The van der Waals surface area contributed by atoms with Crippen molar-refractivity contribution in [1.29, 1.82) is 0 Å². The molecule has 0 saturated carbocycles. The van der Waals surface area contributed by atoms with E-state index < -0.39 is 17.5 Å². The predicted octanol–water partition coefficient (Wildman–Crippen LogP) is 0.222. The lowest BCUT2D eigenvalue weighted by atomic mass is 10.3. The fraction of sp³-hybridized carbons (Fsp3) is 0.167.